The van der Waals surface area contributed by atoms with Crippen LogP contribution in [-0.2, 0) is 14.8 Å². The molecule has 1 aliphatic rings. The van der Waals surface area contributed by atoms with Crippen molar-refractivity contribution in [1.29, 1.82) is 0 Å². The zero-order valence-electron chi connectivity index (χ0n) is 17.0. The summed E-state index contributed by atoms with van der Waals surface area (Å²) in [4.78, 5) is 16.3. The van der Waals surface area contributed by atoms with Gasteiger partial charge in [-0.3, -0.25) is 4.79 Å². The molecular weight excluding hydrogens is 398 g/mol. The van der Waals surface area contributed by atoms with E-state index in [4.69, 9.17) is 0 Å². The van der Waals surface area contributed by atoms with Crippen LogP contribution in [0.2, 0.25) is 0 Å². The van der Waals surface area contributed by atoms with E-state index in [9.17, 15) is 13.2 Å². The molecule has 0 radical (unpaired) electrons. The van der Waals surface area contributed by atoms with Crippen LogP contribution >= 0.6 is 0 Å². The van der Waals surface area contributed by atoms with Gasteiger partial charge in [0.15, 0.2) is 0 Å². The fourth-order valence-electron chi connectivity index (χ4n) is 4.36. The summed E-state index contributed by atoms with van der Waals surface area (Å²) in [6.07, 6.45) is 5.38. The number of aromatic nitrogens is 1. The van der Waals surface area contributed by atoms with Crippen LogP contribution in [0, 0.1) is 0 Å². The first-order valence-electron chi connectivity index (χ1n) is 10.3. The van der Waals surface area contributed by atoms with Gasteiger partial charge >= 0.3 is 0 Å². The lowest BCUT2D eigenvalue weighted by atomic mass is 9.90. The van der Waals surface area contributed by atoms with Crippen LogP contribution in [0.1, 0.15) is 36.3 Å². The molecule has 3 aromatic rings. The number of benzene rings is 2. The third kappa shape index (κ3) is 4.27. The van der Waals surface area contributed by atoms with Crippen molar-refractivity contribution < 1.29 is 13.2 Å². The molecule has 2 N–H and O–H groups in total. The monoisotopic (exact) mass is 425 g/mol. The maximum absolute atomic E-state index is 13.0. The molecule has 0 saturated carbocycles. The Morgan fingerprint density at radius 3 is 2.63 bits per heavy atom. The Labute approximate surface area is 177 Å². The van der Waals surface area contributed by atoms with Gasteiger partial charge in [-0.25, -0.2) is 8.42 Å². The molecule has 2 atom stereocenters. The van der Waals surface area contributed by atoms with Crippen molar-refractivity contribution in [2.75, 3.05) is 19.3 Å². The number of carbonyl (C=O) groups excluding carboxylic acids is 1. The highest BCUT2D eigenvalue weighted by Gasteiger charge is 2.34. The fraction of sp³-hybridized carbons (Fsp3) is 0.348. The Kier molecular flexibility index (Phi) is 5.92. The van der Waals surface area contributed by atoms with E-state index in [1.807, 2.05) is 42.6 Å². The average molecular weight is 426 g/mol. The first-order chi connectivity index (χ1) is 14.4. The topological polar surface area (TPSA) is 82.3 Å². The highest BCUT2D eigenvalue weighted by molar-refractivity contribution is 7.88. The van der Waals surface area contributed by atoms with Gasteiger partial charge in [0.25, 0.3) is 0 Å². The molecule has 4 rings (SSSR count). The highest BCUT2D eigenvalue weighted by Crippen LogP contribution is 2.30. The second-order valence-corrected chi connectivity index (χ2v) is 9.82. The Morgan fingerprint density at radius 2 is 1.87 bits per heavy atom. The van der Waals surface area contributed by atoms with Crippen molar-refractivity contribution in [3.8, 4) is 0 Å². The number of fused-ring (bicyclic) bond motifs is 1. The number of para-hydroxylation sites is 1. The zero-order valence-corrected chi connectivity index (χ0v) is 17.9. The van der Waals surface area contributed by atoms with Gasteiger partial charge in [-0.2, -0.15) is 4.31 Å². The van der Waals surface area contributed by atoms with Gasteiger partial charge in [0.05, 0.1) is 6.26 Å². The predicted molar refractivity (Wildman–Crippen MR) is 119 cm³/mol. The molecule has 1 amide bonds. The average Bonchev–Trinajstić information content (AvgIpc) is 3.18. The van der Waals surface area contributed by atoms with E-state index in [2.05, 4.69) is 28.5 Å². The van der Waals surface area contributed by atoms with Gasteiger partial charge in [-0.1, -0.05) is 55.0 Å². The molecule has 1 saturated heterocycles. The summed E-state index contributed by atoms with van der Waals surface area (Å²) in [6, 6.07) is 17.5. The quantitative estimate of drug-likeness (QED) is 0.636. The summed E-state index contributed by atoms with van der Waals surface area (Å²) in [5, 5.41) is 4.17. The van der Waals surface area contributed by atoms with Gasteiger partial charge in [0, 0.05) is 36.1 Å². The number of piperidine rings is 1. The van der Waals surface area contributed by atoms with E-state index >= 15 is 0 Å². The molecule has 0 bridgehead atoms. The van der Waals surface area contributed by atoms with E-state index in [-0.39, 0.29) is 11.8 Å². The number of aromatic amines is 1. The van der Waals surface area contributed by atoms with Crippen LogP contribution in [0.15, 0.2) is 60.8 Å². The number of nitrogens with zero attached hydrogens (tertiary/aromatic N) is 1. The smallest absolute Gasteiger partial charge is 0.238 e. The lowest BCUT2D eigenvalue weighted by Gasteiger charge is -2.33. The lowest BCUT2D eigenvalue weighted by molar-refractivity contribution is -0.125. The van der Waals surface area contributed by atoms with Crippen LogP contribution < -0.4 is 5.32 Å². The highest BCUT2D eigenvalue weighted by atomic mass is 32.2. The minimum Gasteiger partial charge on any atom is -0.361 e. The molecule has 1 aliphatic heterocycles. The van der Waals surface area contributed by atoms with Gasteiger partial charge < -0.3 is 10.3 Å². The number of carbonyl (C=O) groups is 1. The largest absolute Gasteiger partial charge is 0.361 e. The molecule has 158 valence electrons. The van der Waals surface area contributed by atoms with E-state index in [0.717, 1.165) is 34.9 Å². The summed E-state index contributed by atoms with van der Waals surface area (Å²) in [6.45, 7) is 0.806. The Balaban J connectivity index is 1.59. The zero-order chi connectivity index (χ0) is 21.1. The standard InChI is InChI=1S/C23H27N3O3S/c1-30(28,29)26-14-8-7-13-22(26)23(27)25-15-19(17-9-3-2-4-10-17)20-16-24-21-12-6-5-11-18(20)21/h2-6,9-12,16,19,22,24H,7-8,13-15H2,1H3,(H,25,27)/t19-,22-/m0/s1. The van der Waals surface area contributed by atoms with Crippen molar-refractivity contribution in [3.63, 3.8) is 0 Å². The molecular formula is C23H27N3O3S. The van der Waals surface area contributed by atoms with Crippen LogP contribution in [0.4, 0.5) is 0 Å². The van der Waals surface area contributed by atoms with Gasteiger partial charge in [-0.15, -0.1) is 0 Å². The van der Waals surface area contributed by atoms with Crippen molar-refractivity contribution in [2.45, 2.75) is 31.2 Å². The summed E-state index contributed by atoms with van der Waals surface area (Å²) >= 11 is 0. The van der Waals surface area contributed by atoms with Crippen LogP contribution in [-0.4, -0.2) is 49.0 Å². The fourth-order valence-corrected chi connectivity index (χ4v) is 5.48. The SMILES string of the molecule is CS(=O)(=O)N1CCCC[C@H]1C(=O)NC[C@@H](c1ccccc1)c1c[nH]c2ccccc12. The van der Waals surface area contributed by atoms with E-state index < -0.39 is 16.1 Å². The maximum Gasteiger partial charge on any atom is 0.238 e. The first kappa shape index (κ1) is 20.6. The van der Waals surface area contributed by atoms with Gasteiger partial charge in [0.1, 0.15) is 6.04 Å². The first-order valence-corrected chi connectivity index (χ1v) is 12.2. The van der Waals surface area contributed by atoms with E-state index in [1.165, 1.54) is 10.6 Å². The minimum absolute atomic E-state index is 0.0402. The van der Waals surface area contributed by atoms with Crippen molar-refractivity contribution >= 4 is 26.8 Å². The predicted octanol–water partition coefficient (Wildman–Crippen LogP) is 3.23. The second-order valence-electron chi connectivity index (χ2n) is 7.88. The molecule has 30 heavy (non-hydrogen) atoms. The molecule has 2 aromatic carbocycles. The Morgan fingerprint density at radius 1 is 1.13 bits per heavy atom. The Hall–Kier alpha value is -2.64. The molecule has 0 spiro atoms. The minimum atomic E-state index is -3.42. The van der Waals surface area contributed by atoms with Gasteiger partial charge in [-0.05, 0) is 30.0 Å². The molecule has 7 heteroatoms. The van der Waals surface area contributed by atoms with Crippen molar-refractivity contribution in [1.82, 2.24) is 14.6 Å². The van der Waals surface area contributed by atoms with Gasteiger partial charge in [0.2, 0.25) is 15.9 Å². The third-order valence-electron chi connectivity index (χ3n) is 5.86. The molecule has 1 aromatic heterocycles. The Bertz CT molecular complexity index is 1120. The van der Waals surface area contributed by atoms with Crippen LogP contribution in [0.3, 0.4) is 0 Å². The number of rotatable bonds is 6. The summed E-state index contributed by atoms with van der Waals surface area (Å²) in [5.74, 6) is -0.262. The van der Waals surface area contributed by atoms with Crippen molar-refractivity contribution in [2.24, 2.45) is 0 Å². The maximum atomic E-state index is 13.0. The molecule has 0 unspecified atom stereocenters. The summed E-state index contributed by atoms with van der Waals surface area (Å²) in [7, 11) is -3.42. The van der Waals surface area contributed by atoms with Crippen LogP contribution in [0.25, 0.3) is 10.9 Å². The summed E-state index contributed by atoms with van der Waals surface area (Å²) < 4.78 is 25.6. The summed E-state index contributed by atoms with van der Waals surface area (Å²) in [5.41, 5.74) is 3.27. The molecule has 0 aliphatic carbocycles. The number of hydrogen-bond donors (Lipinski definition) is 2. The molecule has 1 fully saturated rings. The number of sulfonamides is 1. The van der Waals surface area contributed by atoms with Crippen LogP contribution in [0.5, 0.6) is 0 Å². The normalized spacial score (nSPS) is 18.9. The molecule has 2 heterocycles. The molecule has 6 nitrogen and oxygen atoms in total. The number of hydrogen-bond acceptors (Lipinski definition) is 3. The number of H-pyrrole nitrogens is 1. The van der Waals surface area contributed by atoms with E-state index in [0.29, 0.717) is 19.5 Å². The second kappa shape index (κ2) is 8.62. The van der Waals surface area contributed by atoms with Crippen molar-refractivity contribution in [3.05, 3.63) is 71.9 Å². The van der Waals surface area contributed by atoms with E-state index in [1.54, 1.807) is 0 Å². The number of amides is 1. The number of nitrogens with one attached hydrogen (secondary N) is 2. The lowest BCUT2D eigenvalue weighted by Crippen LogP contribution is -2.52. The third-order valence-corrected chi connectivity index (χ3v) is 7.15.